The van der Waals surface area contributed by atoms with Gasteiger partial charge in [-0.2, -0.15) is 0 Å². The first-order valence-corrected chi connectivity index (χ1v) is 7.28. The Morgan fingerprint density at radius 3 is 2.21 bits per heavy atom. The maximum atomic E-state index is 11.2. The molecule has 0 spiro atoms. The maximum Gasteiger partial charge on any atom is 1.00 e. The van der Waals surface area contributed by atoms with Gasteiger partial charge in [-0.1, -0.05) is 19.9 Å². The van der Waals surface area contributed by atoms with Crippen molar-refractivity contribution in [2.75, 3.05) is 19.8 Å². The van der Waals surface area contributed by atoms with Crippen LogP contribution in [0.3, 0.4) is 0 Å². The molecular weight excluding hydrogens is 282 g/mol. The molecule has 106 valence electrons. The first-order chi connectivity index (χ1) is 8.39. The zero-order valence-electron chi connectivity index (χ0n) is 11.8. The van der Waals surface area contributed by atoms with Crippen LogP contribution in [0.15, 0.2) is 12.2 Å². The van der Waals surface area contributed by atoms with E-state index in [1.165, 1.54) is 6.92 Å². The minimum atomic E-state index is -4.21. The molecule has 0 N–H and O–H groups in total. The number of carbonyl (C=O) groups is 1. The molecule has 6 nitrogen and oxygen atoms in total. The molecular formula is C11H20NaO6P. The molecule has 0 aromatic heterocycles. The fourth-order valence-electron chi connectivity index (χ4n) is 0.881. The van der Waals surface area contributed by atoms with Gasteiger partial charge in [0.25, 0.3) is 7.82 Å². The molecule has 0 bridgehead atoms. The average molecular weight is 302 g/mol. The van der Waals surface area contributed by atoms with Gasteiger partial charge in [-0.3, -0.25) is 4.57 Å². The van der Waals surface area contributed by atoms with Crippen molar-refractivity contribution >= 4 is 13.8 Å². The Morgan fingerprint density at radius 1 is 1.21 bits per heavy atom. The summed E-state index contributed by atoms with van der Waals surface area (Å²) >= 11 is 0. The Morgan fingerprint density at radius 2 is 1.74 bits per heavy atom. The van der Waals surface area contributed by atoms with Crippen molar-refractivity contribution in [3.63, 3.8) is 0 Å². The average Bonchev–Trinajstić information content (AvgIpc) is 2.28. The van der Waals surface area contributed by atoms with Crippen LogP contribution >= 0.6 is 7.82 Å². The monoisotopic (exact) mass is 302 g/mol. The standard InChI is InChI=1S/C11H21O6P.Na/c1-4-5-8-16-18(13,14)17-9-6-7-15-11(12)10(2)3;/h2,4-9H2,1,3H3,(H,13,14);/q;+1/p-1. The smallest absolute Gasteiger partial charge is 0.756 e. The Hall–Kier alpha value is 0.320. The number of carbonyl (C=O) groups excluding carboxylic acids is 1. The zero-order chi connectivity index (χ0) is 14.0. The van der Waals surface area contributed by atoms with E-state index < -0.39 is 13.8 Å². The van der Waals surface area contributed by atoms with Gasteiger partial charge in [0.15, 0.2) is 0 Å². The van der Waals surface area contributed by atoms with Gasteiger partial charge in [0.1, 0.15) is 0 Å². The number of phosphoric acid groups is 1. The number of rotatable bonds is 10. The molecule has 0 amide bonds. The maximum absolute atomic E-state index is 11.2. The van der Waals surface area contributed by atoms with E-state index in [0.29, 0.717) is 12.0 Å². The van der Waals surface area contributed by atoms with Crippen molar-refractivity contribution in [1.82, 2.24) is 0 Å². The van der Waals surface area contributed by atoms with Gasteiger partial charge in [-0.05, 0) is 13.3 Å². The van der Waals surface area contributed by atoms with Crippen LogP contribution in [0.25, 0.3) is 0 Å². The number of esters is 1. The molecule has 0 saturated carbocycles. The van der Waals surface area contributed by atoms with Crippen LogP contribution in [-0.2, 0) is 23.1 Å². The van der Waals surface area contributed by atoms with Crippen LogP contribution in [0.5, 0.6) is 0 Å². The molecule has 0 aliphatic carbocycles. The van der Waals surface area contributed by atoms with Gasteiger partial charge in [0.2, 0.25) is 0 Å². The summed E-state index contributed by atoms with van der Waals surface area (Å²) in [6, 6.07) is 0. The fourth-order valence-corrected chi connectivity index (χ4v) is 1.66. The SMILES string of the molecule is C=C(C)C(=O)OCCCOP(=O)([O-])OCCCC.[Na+]. The van der Waals surface area contributed by atoms with Crippen molar-refractivity contribution in [2.24, 2.45) is 0 Å². The fraction of sp³-hybridized carbons (Fsp3) is 0.727. The van der Waals surface area contributed by atoms with E-state index in [0.717, 1.165) is 6.42 Å². The van der Waals surface area contributed by atoms with Crippen LogP contribution in [0.1, 0.15) is 33.1 Å². The minimum Gasteiger partial charge on any atom is -0.756 e. The van der Waals surface area contributed by atoms with Crippen LogP contribution < -0.4 is 34.5 Å². The van der Waals surface area contributed by atoms with Gasteiger partial charge < -0.3 is 18.7 Å². The van der Waals surface area contributed by atoms with Gasteiger partial charge in [-0.25, -0.2) is 4.79 Å². The number of phosphoric ester groups is 1. The second kappa shape index (κ2) is 12.1. The van der Waals surface area contributed by atoms with Crippen molar-refractivity contribution in [3.8, 4) is 0 Å². The molecule has 0 fully saturated rings. The largest absolute Gasteiger partial charge is 1.00 e. The first-order valence-electron chi connectivity index (χ1n) is 5.82. The summed E-state index contributed by atoms with van der Waals surface area (Å²) in [5, 5.41) is 0. The van der Waals surface area contributed by atoms with E-state index in [2.05, 4.69) is 15.6 Å². The third-order valence-corrected chi connectivity index (χ3v) is 2.86. The predicted octanol–water partition coefficient (Wildman–Crippen LogP) is -1.20. The summed E-state index contributed by atoms with van der Waals surface area (Å²) in [5.41, 5.74) is 0.299. The van der Waals surface area contributed by atoms with E-state index in [9.17, 15) is 14.3 Å². The van der Waals surface area contributed by atoms with E-state index in [4.69, 9.17) is 4.74 Å². The normalized spacial score (nSPS) is 13.2. The Kier molecular flexibility index (Phi) is 13.8. The quantitative estimate of drug-likeness (QED) is 0.166. The molecule has 0 aliphatic rings. The summed E-state index contributed by atoms with van der Waals surface area (Å²) in [6.07, 6.45) is 1.78. The van der Waals surface area contributed by atoms with E-state index in [1.54, 1.807) is 0 Å². The third-order valence-electron chi connectivity index (χ3n) is 1.87. The van der Waals surface area contributed by atoms with Crippen LogP contribution in [0, 0.1) is 0 Å². The van der Waals surface area contributed by atoms with Crippen LogP contribution in [0.4, 0.5) is 0 Å². The van der Waals surface area contributed by atoms with E-state index >= 15 is 0 Å². The Labute approximate surface area is 136 Å². The van der Waals surface area contributed by atoms with Gasteiger partial charge in [-0.15, -0.1) is 0 Å². The Balaban J connectivity index is 0. The zero-order valence-corrected chi connectivity index (χ0v) is 14.7. The molecule has 8 heteroatoms. The number of ether oxygens (including phenoxy) is 1. The van der Waals surface area contributed by atoms with E-state index in [-0.39, 0.29) is 55.8 Å². The summed E-state index contributed by atoms with van der Waals surface area (Å²) in [6.45, 7) is 7.01. The van der Waals surface area contributed by atoms with Crippen molar-refractivity contribution in [2.45, 2.75) is 33.1 Å². The minimum absolute atomic E-state index is 0. The second-order valence-electron chi connectivity index (χ2n) is 3.74. The predicted molar refractivity (Wildman–Crippen MR) is 64.8 cm³/mol. The molecule has 0 radical (unpaired) electrons. The van der Waals surface area contributed by atoms with Crippen LogP contribution in [0.2, 0.25) is 0 Å². The number of unbranched alkanes of at least 4 members (excludes halogenated alkanes) is 1. The number of hydrogen-bond acceptors (Lipinski definition) is 6. The molecule has 1 atom stereocenters. The topological polar surface area (TPSA) is 84.9 Å². The molecule has 19 heavy (non-hydrogen) atoms. The summed E-state index contributed by atoms with van der Waals surface area (Å²) in [4.78, 5) is 22.1. The van der Waals surface area contributed by atoms with Gasteiger partial charge in [0, 0.05) is 12.0 Å². The molecule has 0 aromatic rings. The summed E-state index contributed by atoms with van der Waals surface area (Å²) in [7, 11) is -4.21. The molecule has 0 rings (SSSR count). The molecule has 0 saturated heterocycles. The van der Waals surface area contributed by atoms with Crippen LogP contribution in [-0.4, -0.2) is 25.8 Å². The molecule has 0 aliphatic heterocycles. The van der Waals surface area contributed by atoms with Crippen molar-refractivity contribution in [1.29, 1.82) is 0 Å². The van der Waals surface area contributed by atoms with Gasteiger partial charge in [0.05, 0.1) is 19.8 Å². The molecule has 1 unspecified atom stereocenters. The second-order valence-corrected chi connectivity index (χ2v) is 5.15. The molecule has 0 heterocycles. The molecule has 0 aromatic carbocycles. The first kappa shape index (κ1) is 21.6. The van der Waals surface area contributed by atoms with Crippen molar-refractivity contribution < 1.29 is 57.6 Å². The summed E-state index contributed by atoms with van der Waals surface area (Å²) in [5.74, 6) is -0.500. The van der Waals surface area contributed by atoms with E-state index in [1.807, 2.05) is 6.92 Å². The van der Waals surface area contributed by atoms with Gasteiger partial charge >= 0.3 is 35.5 Å². The number of hydrogen-bond donors (Lipinski definition) is 0. The Bertz CT molecular complexity index is 320. The van der Waals surface area contributed by atoms with Crippen molar-refractivity contribution in [3.05, 3.63) is 12.2 Å². The summed E-state index contributed by atoms with van der Waals surface area (Å²) < 4.78 is 25.1. The third kappa shape index (κ3) is 13.1.